The van der Waals surface area contributed by atoms with E-state index in [0.717, 1.165) is 43.7 Å². The molecule has 1 saturated heterocycles. The highest BCUT2D eigenvalue weighted by Gasteiger charge is 2.23. The van der Waals surface area contributed by atoms with Gasteiger partial charge in [0.1, 0.15) is 0 Å². The molecule has 1 aliphatic carbocycles. The van der Waals surface area contributed by atoms with Crippen LogP contribution >= 0.6 is 0 Å². The average molecular weight is 326 g/mol. The van der Waals surface area contributed by atoms with E-state index < -0.39 is 0 Å². The van der Waals surface area contributed by atoms with Gasteiger partial charge in [-0.3, -0.25) is 9.69 Å². The third-order valence-corrected chi connectivity index (χ3v) is 4.69. The largest absolute Gasteiger partial charge is 0.390 e. The number of benzene rings is 1. The van der Waals surface area contributed by atoms with E-state index in [4.69, 9.17) is 0 Å². The SMILES string of the molecule is CCC1C=C(NC(=O)Cc2ccc(CN3CC(O)C3)cc2)C=CC1. The fraction of sp³-hybridized carbons (Fsp3) is 0.450. The van der Waals surface area contributed by atoms with Crippen molar-refractivity contribution in [2.75, 3.05) is 13.1 Å². The molecular formula is C20H26N2O2. The normalized spacial score (nSPS) is 21.2. The second-order valence-electron chi connectivity index (χ2n) is 6.82. The Morgan fingerprint density at radius 1 is 1.25 bits per heavy atom. The first-order chi connectivity index (χ1) is 11.6. The lowest BCUT2D eigenvalue weighted by Gasteiger charge is -2.35. The summed E-state index contributed by atoms with van der Waals surface area (Å²) >= 11 is 0. The molecule has 2 aliphatic rings. The number of carbonyl (C=O) groups is 1. The van der Waals surface area contributed by atoms with Gasteiger partial charge in [0.05, 0.1) is 12.5 Å². The van der Waals surface area contributed by atoms with E-state index in [1.165, 1.54) is 5.56 Å². The molecule has 1 fully saturated rings. The van der Waals surface area contributed by atoms with Crippen molar-refractivity contribution in [2.45, 2.75) is 38.8 Å². The Morgan fingerprint density at radius 3 is 2.62 bits per heavy atom. The lowest BCUT2D eigenvalue weighted by atomic mass is 9.96. The minimum Gasteiger partial charge on any atom is -0.390 e. The Balaban J connectivity index is 1.49. The van der Waals surface area contributed by atoms with Crippen LogP contribution in [0.1, 0.15) is 30.9 Å². The summed E-state index contributed by atoms with van der Waals surface area (Å²) in [6.45, 7) is 4.54. The molecule has 1 unspecified atom stereocenters. The summed E-state index contributed by atoms with van der Waals surface area (Å²) in [7, 11) is 0. The molecular weight excluding hydrogens is 300 g/mol. The van der Waals surface area contributed by atoms with E-state index >= 15 is 0 Å². The highest BCUT2D eigenvalue weighted by Crippen LogP contribution is 2.18. The van der Waals surface area contributed by atoms with Crippen molar-refractivity contribution in [2.24, 2.45) is 5.92 Å². The van der Waals surface area contributed by atoms with Crippen molar-refractivity contribution in [3.63, 3.8) is 0 Å². The standard InChI is InChI=1S/C20H26N2O2/c1-2-15-4-3-5-18(10-15)21-20(24)11-16-6-8-17(9-7-16)12-22-13-19(23)14-22/h3,5-10,15,19,23H,2,4,11-14H2,1H3,(H,21,24). The molecule has 1 amide bonds. The summed E-state index contributed by atoms with van der Waals surface area (Å²) in [6, 6.07) is 8.18. The highest BCUT2D eigenvalue weighted by atomic mass is 16.3. The maximum Gasteiger partial charge on any atom is 0.228 e. The van der Waals surface area contributed by atoms with Crippen LogP contribution in [-0.4, -0.2) is 35.1 Å². The van der Waals surface area contributed by atoms with Crippen LogP contribution in [0.2, 0.25) is 0 Å². The van der Waals surface area contributed by atoms with Gasteiger partial charge in [0, 0.05) is 25.3 Å². The molecule has 3 rings (SSSR count). The number of carbonyl (C=O) groups excluding carboxylic acids is 1. The molecule has 1 heterocycles. The van der Waals surface area contributed by atoms with Crippen LogP contribution in [0.4, 0.5) is 0 Å². The van der Waals surface area contributed by atoms with Gasteiger partial charge >= 0.3 is 0 Å². The summed E-state index contributed by atoms with van der Waals surface area (Å²) in [6.07, 6.45) is 8.67. The summed E-state index contributed by atoms with van der Waals surface area (Å²) in [4.78, 5) is 14.4. The summed E-state index contributed by atoms with van der Waals surface area (Å²) in [5.74, 6) is 0.561. The van der Waals surface area contributed by atoms with Gasteiger partial charge in [-0.25, -0.2) is 0 Å². The zero-order chi connectivity index (χ0) is 16.9. The topological polar surface area (TPSA) is 52.6 Å². The van der Waals surface area contributed by atoms with Crippen LogP contribution in [0.15, 0.2) is 48.2 Å². The van der Waals surface area contributed by atoms with Gasteiger partial charge in [-0.2, -0.15) is 0 Å². The van der Waals surface area contributed by atoms with E-state index in [0.29, 0.717) is 12.3 Å². The minimum absolute atomic E-state index is 0.0290. The quantitative estimate of drug-likeness (QED) is 0.844. The van der Waals surface area contributed by atoms with Crippen LogP contribution in [-0.2, 0) is 17.8 Å². The van der Waals surface area contributed by atoms with Crippen molar-refractivity contribution in [3.05, 3.63) is 59.3 Å². The molecule has 4 nitrogen and oxygen atoms in total. The van der Waals surface area contributed by atoms with Crippen LogP contribution in [0.5, 0.6) is 0 Å². The highest BCUT2D eigenvalue weighted by molar-refractivity contribution is 5.80. The van der Waals surface area contributed by atoms with Crippen molar-refractivity contribution < 1.29 is 9.90 Å². The number of amides is 1. The van der Waals surface area contributed by atoms with E-state index in [2.05, 4.69) is 41.4 Å². The fourth-order valence-electron chi connectivity index (χ4n) is 3.20. The number of hydrogen-bond acceptors (Lipinski definition) is 3. The predicted octanol–water partition coefficient (Wildman–Crippen LogP) is 2.39. The first kappa shape index (κ1) is 16.9. The lowest BCUT2D eigenvalue weighted by Crippen LogP contribution is -2.49. The smallest absolute Gasteiger partial charge is 0.228 e. The maximum atomic E-state index is 12.2. The second kappa shape index (κ2) is 7.77. The maximum absolute atomic E-state index is 12.2. The lowest BCUT2D eigenvalue weighted by molar-refractivity contribution is -0.119. The zero-order valence-corrected chi connectivity index (χ0v) is 14.2. The summed E-state index contributed by atoms with van der Waals surface area (Å²) in [5, 5.41) is 12.3. The van der Waals surface area contributed by atoms with E-state index in [-0.39, 0.29) is 12.0 Å². The van der Waals surface area contributed by atoms with Gasteiger partial charge < -0.3 is 10.4 Å². The first-order valence-corrected chi connectivity index (χ1v) is 8.79. The molecule has 1 aromatic carbocycles. The Morgan fingerprint density at radius 2 is 1.96 bits per heavy atom. The number of allylic oxidation sites excluding steroid dienone is 3. The number of hydrogen-bond donors (Lipinski definition) is 2. The third kappa shape index (κ3) is 4.56. The molecule has 4 heteroatoms. The van der Waals surface area contributed by atoms with Crippen molar-refractivity contribution in [1.82, 2.24) is 10.2 Å². The molecule has 128 valence electrons. The molecule has 24 heavy (non-hydrogen) atoms. The predicted molar refractivity (Wildman–Crippen MR) is 95.2 cm³/mol. The summed E-state index contributed by atoms with van der Waals surface area (Å²) < 4.78 is 0. The van der Waals surface area contributed by atoms with Gasteiger partial charge in [0.25, 0.3) is 0 Å². The van der Waals surface area contributed by atoms with Crippen LogP contribution in [0.25, 0.3) is 0 Å². The van der Waals surface area contributed by atoms with Crippen molar-refractivity contribution in [3.8, 4) is 0 Å². The molecule has 0 spiro atoms. The third-order valence-electron chi connectivity index (χ3n) is 4.69. The Kier molecular flexibility index (Phi) is 5.48. The number of nitrogens with one attached hydrogen (secondary N) is 1. The van der Waals surface area contributed by atoms with Gasteiger partial charge in [-0.1, -0.05) is 43.3 Å². The number of aliphatic hydroxyl groups is 1. The molecule has 0 aromatic heterocycles. The van der Waals surface area contributed by atoms with Gasteiger partial charge in [0.15, 0.2) is 0 Å². The number of likely N-dealkylation sites (tertiary alicyclic amines) is 1. The molecule has 1 aromatic rings. The fourth-order valence-corrected chi connectivity index (χ4v) is 3.20. The van der Waals surface area contributed by atoms with E-state index in [1.807, 2.05) is 18.2 Å². The Labute approximate surface area is 143 Å². The molecule has 0 saturated carbocycles. The van der Waals surface area contributed by atoms with Gasteiger partial charge in [0.2, 0.25) is 5.91 Å². The Bertz CT molecular complexity index is 628. The minimum atomic E-state index is -0.164. The second-order valence-corrected chi connectivity index (χ2v) is 6.82. The van der Waals surface area contributed by atoms with E-state index in [9.17, 15) is 9.90 Å². The zero-order valence-electron chi connectivity index (χ0n) is 14.2. The molecule has 1 atom stereocenters. The van der Waals surface area contributed by atoms with Crippen LogP contribution in [0.3, 0.4) is 0 Å². The number of nitrogens with zero attached hydrogens (tertiary/aromatic N) is 1. The Hall–Kier alpha value is -1.91. The molecule has 0 radical (unpaired) electrons. The number of aliphatic hydroxyl groups excluding tert-OH is 1. The van der Waals surface area contributed by atoms with Gasteiger partial charge in [-0.05, 0) is 36.0 Å². The summed E-state index contributed by atoms with van der Waals surface area (Å²) in [5.41, 5.74) is 3.16. The number of rotatable bonds is 6. The molecule has 1 aliphatic heterocycles. The monoisotopic (exact) mass is 326 g/mol. The first-order valence-electron chi connectivity index (χ1n) is 8.79. The molecule has 0 bridgehead atoms. The van der Waals surface area contributed by atoms with Crippen molar-refractivity contribution >= 4 is 5.91 Å². The van der Waals surface area contributed by atoms with Crippen molar-refractivity contribution in [1.29, 1.82) is 0 Å². The van der Waals surface area contributed by atoms with Crippen LogP contribution < -0.4 is 5.32 Å². The average Bonchev–Trinajstić information content (AvgIpc) is 2.55. The van der Waals surface area contributed by atoms with E-state index in [1.54, 1.807) is 0 Å². The van der Waals surface area contributed by atoms with Gasteiger partial charge in [-0.15, -0.1) is 0 Å². The molecule has 2 N–H and O–H groups in total. The van der Waals surface area contributed by atoms with Crippen LogP contribution in [0, 0.1) is 5.92 Å². The number of β-amino-alcohol motifs (C(OH)–C–C–N with tert-alkyl or cyclic N) is 1.